The number of piperazine rings is 1. The number of aryl methyl sites for hydroxylation is 2. The van der Waals surface area contributed by atoms with Crippen molar-refractivity contribution in [3.8, 4) is 22.9 Å². The topological polar surface area (TPSA) is 147 Å². The second kappa shape index (κ2) is 10.5. The van der Waals surface area contributed by atoms with Gasteiger partial charge >= 0.3 is 0 Å². The smallest absolute Gasteiger partial charge is 0.238 e. The largest absolute Gasteiger partial charge is 0.493 e. The molecule has 2 aromatic heterocycles. The minimum absolute atomic E-state index is 0.0928. The monoisotopic (exact) mass is 517 g/mol. The number of ether oxygens (including phenoxy) is 2. The van der Waals surface area contributed by atoms with Gasteiger partial charge in [0, 0.05) is 43.2 Å². The summed E-state index contributed by atoms with van der Waals surface area (Å²) in [5.41, 5.74) is 9.45. The Morgan fingerprint density at radius 1 is 1.03 bits per heavy atom. The number of anilines is 3. The molecule has 0 unspecified atom stereocenters. The average molecular weight is 518 g/mol. The summed E-state index contributed by atoms with van der Waals surface area (Å²) in [6, 6.07) is 9.42. The van der Waals surface area contributed by atoms with Crippen LogP contribution in [0.1, 0.15) is 11.4 Å². The van der Waals surface area contributed by atoms with Gasteiger partial charge in [-0.3, -0.25) is 14.8 Å². The Morgan fingerprint density at radius 2 is 1.76 bits per heavy atom. The van der Waals surface area contributed by atoms with Crippen LogP contribution in [0.25, 0.3) is 22.3 Å². The lowest BCUT2D eigenvalue weighted by Gasteiger charge is -2.34. The third-order valence-electron chi connectivity index (χ3n) is 6.53. The maximum Gasteiger partial charge on any atom is 0.238 e. The number of amides is 1. The highest BCUT2D eigenvalue weighted by Crippen LogP contribution is 2.34. The van der Waals surface area contributed by atoms with Gasteiger partial charge in [0.25, 0.3) is 0 Å². The molecule has 1 aliphatic heterocycles. The zero-order valence-corrected chi connectivity index (χ0v) is 21.9. The molecule has 0 radical (unpaired) electrons. The van der Waals surface area contributed by atoms with Crippen LogP contribution in [0.5, 0.6) is 11.5 Å². The van der Waals surface area contributed by atoms with Gasteiger partial charge in [-0.15, -0.1) is 0 Å². The highest BCUT2D eigenvalue weighted by molar-refractivity contribution is 5.96. The molecule has 1 saturated heterocycles. The van der Waals surface area contributed by atoms with E-state index in [-0.39, 0.29) is 12.5 Å². The number of carbonyl (C=O) groups excluding carboxylic acids is 1. The van der Waals surface area contributed by atoms with E-state index in [0.29, 0.717) is 77.7 Å². The Balaban J connectivity index is 1.24. The third kappa shape index (κ3) is 5.16. The summed E-state index contributed by atoms with van der Waals surface area (Å²) in [6.07, 6.45) is 0. The van der Waals surface area contributed by atoms with Crippen LogP contribution in [-0.4, -0.2) is 82.9 Å². The van der Waals surface area contributed by atoms with E-state index in [1.165, 1.54) is 0 Å². The maximum atomic E-state index is 13.0. The molecule has 3 heterocycles. The minimum Gasteiger partial charge on any atom is -0.493 e. The Bertz CT molecular complexity index is 1480. The van der Waals surface area contributed by atoms with Crippen LogP contribution in [0.4, 0.5) is 17.5 Å². The molecule has 4 aromatic rings. The Kier molecular flexibility index (Phi) is 6.97. The number of aromatic amines is 1. The first-order valence-electron chi connectivity index (χ1n) is 12.3. The Hall–Kier alpha value is -4.45. The highest BCUT2D eigenvalue weighted by atomic mass is 16.5. The van der Waals surface area contributed by atoms with Crippen molar-refractivity contribution in [1.82, 2.24) is 30.0 Å². The minimum atomic E-state index is -0.0928. The number of nitrogens with two attached hydrogens (primary N) is 1. The van der Waals surface area contributed by atoms with E-state index in [0.717, 1.165) is 11.1 Å². The van der Waals surface area contributed by atoms with Gasteiger partial charge in [-0.2, -0.15) is 10.1 Å². The molecule has 0 saturated carbocycles. The van der Waals surface area contributed by atoms with Gasteiger partial charge in [0.05, 0.1) is 32.0 Å². The maximum absolute atomic E-state index is 13.0. The third-order valence-corrected chi connectivity index (χ3v) is 6.53. The zero-order valence-electron chi connectivity index (χ0n) is 21.9. The van der Waals surface area contributed by atoms with Crippen LogP contribution in [0.3, 0.4) is 0 Å². The van der Waals surface area contributed by atoms with Crippen molar-refractivity contribution in [1.29, 1.82) is 0 Å². The second-order valence-electron chi connectivity index (χ2n) is 9.24. The molecule has 38 heavy (non-hydrogen) atoms. The number of hydrogen-bond donors (Lipinski definition) is 3. The molecule has 1 amide bonds. The Labute approximate surface area is 220 Å². The summed E-state index contributed by atoms with van der Waals surface area (Å²) in [4.78, 5) is 30.8. The lowest BCUT2D eigenvalue weighted by atomic mass is 10.1. The summed E-state index contributed by atoms with van der Waals surface area (Å²) < 4.78 is 10.8. The number of aromatic nitrogens is 5. The predicted molar refractivity (Wildman–Crippen MR) is 146 cm³/mol. The first kappa shape index (κ1) is 25.2. The molecule has 0 aliphatic carbocycles. The second-order valence-corrected chi connectivity index (χ2v) is 9.24. The summed E-state index contributed by atoms with van der Waals surface area (Å²) >= 11 is 0. The molecular formula is C26H31N9O3. The number of H-pyrrole nitrogens is 1. The molecule has 1 fully saturated rings. The summed E-state index contributed by atoms with van der Waals surface area (Å²) in [7, 11) is 3.16. The first-order valence-corrected chi connectivity index (χ1v) is 12.3. The Morgan fingerprint density at radius 3 is 2.45 bits per heavy atom. The fourth-order valence-corrected chi connectivity index (χ4v) is 4.53. The average Bonchev–Trinajstić information content (AvgIpc) is 3.34. The quantitative estimate of drug-likeness (QED) is 0.334. The molecule has 198 valence electrons. The summed E-state index contributed by atoms with van der Waals surface area (Å²) in [5.74, 6) is 3.26. The van der Waals surface area contributed by atoms with Gasteiger partial charge in [0.15, 0.2) is 17.3 Å². The van der Waals surface area contributed by atoms with Crippen LogP contribution in [0.2, 0.25) is 0 Å². The van der Waals surface area contributed by atoms with Crippen molar-refractivity contribution in [2.75, 3.05) is 62.9 Å². The standard InChI is InChI=1S/C26H31N9O3/c1-15-5-6-17(25-28-16(2)32-33-25)19(11-15)29-23(36)14-34-7-9-35(10-8-34)26-30-20-13-22(38-4)21(37-3)12-18(20)24(27)31-26/h5-6,11-13H,7-10,14H2,1-4H3,(H,29,36)(H2,27,30,31)(H,28,32,33). The lowest BCUT2D eigenvalue weighted by Crippen LogP contribution is -2.49. The van der Waals surface area contributed by atoms with E-state index in [2.05, 4.69) is 35.3 Å². The molecule has 2 aromatic carbocycles. The molecule has 0 bridgehead atoms. The van der Waals surface area contributed by atoms with Crippen LogP contribution in [-0.2, 0) is 4.79 Å². The lowest BCUT2D eigenvalue weighted by molar-refractivity contribution is -0.117. The van der Waals surface area contributed by atoms with E-state index in [1.807, 2.05) is 32.0 Å². The zero-order chi connectivity index (χ0) is 26.8. The number of rotatable bonds is 7. The number of benzene rings is 2. The molecule has 0 spiro atoms. The van der Waals surface area contributed by atoms with E-state index in [9.17, 15) is 4.79 Å². The van der Waals surface area contributed by atoms with Crippen molar-refractivity contribution in [3.63, 3.8) is 0 Å². The van der Waals surface area contributed by atoms with Gasteiger partial charge in [-0.25, -0.2) is 9.97 Å². The number of fused-ring (bicyclic) bond motifs is 1. The molecule has 4 N–H and O–H groups in total. The van der Waals surface area contributed by atoms with Crippen molar-refractivity contribution in [2.45, 2.75) is 13.8 Å². The fourth-order valence-electron chi connectivity index (χ4n) is 4.53. The summed E-state index contributed by atoms with van der Waals surface area (Å²) in [6.45, 7) is 6.79. The number of carbonyl (C=O) groups is 1. The van der Waals surface area contributed by atoms with E-state index in [1.54, 1.807) is 26.4 Å². The SMILES string of the molecule is COc1cc2nc(N3CCN(CC(=O)Nc4cc(C)ccc4-c4n[nH]c(C)n4)CC3)nc(N)c2cc1OC. The van der Waals surface area contributed by atoms with E-state index in [4.69, 9.17) is 20.2 Å². The van der Waals surface area contributed by atoms with Gasteiger partial charge in [0.1, 0.15) is 11.6 Å². The van der Waals surface area contributed by atoms with Gasteiger partial charge < -0.3 is 25.4 Å². The highest BCUT2D eigenvalue weighted by Gasteiger charge is 2.23. The number of hydrogen-bond acceptors (Lipinski definition) is 10. The number of nitrogens with zero attached hydrogens (tertiary/aromatic N) is 6. The fraction of sp³-hybridized carbons (Fsp3) is 0.346. The van der Waals surface area contributed by atoms with E-state index < -0.39 is 0 Å². The van der Waals surface area contributed by atoms with Crippen molar-refractivity contribution in [3.05, 3.63) is 41.7 Å². The first-order chi connectivity index (χ1) is 18.3. The van der Waals surface area contributed by atoms with E-state index >= 15 is 0 Å². The normalized spacial score (nSPS) is 14.1. The van der Waals surface area contributed by atoms with Gasteiger partial charge in [0.2, 0.25) is 11.9 Å². The molecule has 0 atom stereocenters. The van der Waals surface area contributed by atoms with Crippen molar-refractivity contribution in [2.24, 2.45) is 0 Å². The summed E-state index contributed by atoms with van der Waals surface area (Å²) in [5, 5.41) is 10.8. The molecule has 12 nitrogen and oxygen atoms in total. The van der Waals surface area contributed by atoms with Crippen LogP contribution in [0, 0.1) is 13.8 Å². The molecule has 5 rings (SSSR count). The number of nitrogens with one attached hydrogen (secondary N) is 2. The molecule has 1 aliphatic rings. The molecular weight excluding hydrogens is 486 g/mol. The number of nitrogen functional groups attached to an aromatic ring is 1. The predicted octanol–water partition coefficient (Wildman–Crippen LogP) is 2.39. The van der Waals surface area contributed by atoms with Crippen LogP contribution < -0.4 is 25.4 Å². The van der Waals surface area contributed by atoms with Gasteiger partial charge in [-0.05, 0) is 37.6 Å². The van der Waals surface area contributed by atoms with Crippen molar-refractivity contribution >= 4 is 34.3 Å². The molecule has 12 heteroatoms. The van der Waals surface area contributed by atoms with Gasteiger partial charge in [-0.1, -0.05) is 6.07 Å². The van der Waals surface area contributed by atoms with Crippen LogP contribution >= 0.6 is 0 Å². The van der Waals surface area contributed by atoms with Crippen molar-refractivity contribution < 1.29 is 14.3 Å². The van der Waals surface area contributed by atoms with Crippen LogP contribution in [0.15, 0.2) is 30.3 Å². The number of methoxy groups -OCH3 is 2.